The van der Waals surface area contributed by atoms with E-state index in [4.69, 9.17) is 10.2 Å². The molecule has 11 nitrogen and oxygen atoms in total. The van der Waals surface area contributed by atoms with E-state index in [2.05, 4.69) is 117 Å². The van der Waals surface area contributed by atoms with Crippen LogP contribution in [0.25, 0.3) is 0 Å². The van der Waals surface area contributed by atoms with Gasteiger partial charge in [0.25, 0.3) is 0 Å². The number of carbonyl (C=O) groups is 9. The summed E-state index contributed by atoms with van der Waals surface area (Å²) in [4.78, 5) is 101. The fourth-order valence-corrected chi connectivity index (χ4v) is 18.1. The molecule has 6 atom stereocenters. The zero-order chi connectivity index (χ0) is 70.6. The molecule has 2 N–H and O–H groups in total. The summed E-state index contributed by atoms with van der Waals surface area (Å²) in [5.74, 6) is 3.44. The predicted octanol–water partition coefficient (Wildman–Crippen LogP) is 20.4. The maximum Gasteiger partial charge on any atom is 0.306 e. The molecule has 518 valence electrons. The van der Waals surface area contributed by atoms with E-state index < -0.39 is 17.9 Å². The van der Waals surface area contributed by atoms with Gasteiger partial charge in [-0.3, -0.25) is 38.4 Å². The number of carbonyl (C=O) groups excluding carboxylic acids is 7. The minimum Gasteiger partial charge on any atom is -0.481 e. The van der Waals surface area contributed by atoms with Crippen LogP contribution >= 0.6 is 71.4 Å². The van der Waals surface area contributed by atoms with Gasteiger partial charge in [0, 0.05) is 60.0 Å². The highest BCUT2D eigenvalue weighted by molar-refractivity contribution is 8.18. The van der Waals surface area contributed by atoms with Crippen molar-refractivity contribution in [2.24, 2.45) is 23.7 Å². The number of aliphatic carboxylic acids is 2. The lowest BCUT2D eigenvalue weighted by molar-refractivity contribution is -0.143. The van der Waals surface area contributed by atoms with E-state index in [-0.39, 0.29) is 79.2 Å². The third-order valence-corrected chi connectivity index (χ3v) is 23.8. The summed E-state index contributed by atoms with van der Waals surface area (Å²) in [7, 11) is 0. The van der Waals surface area contributed by atoms with E-state index in [1.165, 1.54) is 72.6 Å². The largest absolute Gasteiger partial charge is 0.481 e. The number of rotatable bonds is 31. The van der Waals surface area contributed by atoms with Crippen molar-refractivity contribution in [2.45, 2.75) is 184 Å². The van der Waals surface area contributed by atoms with Crippen LogP contribution in [0.15, 0.2) is 164 Å². The molecular formula is C78H104O11S6. The Morgan fingerprint density at radius 2 is 0.989 bits per heavy atom. The summed E-state index contributed by atoms with van der Waals surface area (Å²) in [5.41, 5.74) is 6.18. The molecule has 5 aromatic carbocycles. The Morgan fingerprint density at radius 3 is 1.44 bits per heavy atom. The Bertz CT molecular complexity index is 3050. The van der Waals surface area contributed by atoms with Gasteiger partial charge in [-0.05, 0) is 150 Å². The maximum atomic E-state index is 12.0. The summed E-state index contributed by atoms with van der Waals surface area (Å²) in [6.07, 6.45) is 11.7. The number of carboxylic acid groups (broad SMARTS) is 2. The molecule has 95 heavy (non-hydrogen) atoms. The maximum absolute atomic E-state index is 12.0. The Kier molecular flexibility index (Phi) is 45.1. The lowest BCUT2D eigenvalue weighted by atomic mass is 9.91. The van der Waals surface area contributed by atoms with Gasteiger partial charge in [0.05, 0.1) is 14.6 Å². The van der Waals surface area contributed by atoms with E-state index in [1.807, 2.05) is 109 Å². The first-order chi connectivity index (χ1) is 45.4. The zero-order valence-corrected chi connectivity index (χ0v) is 62.4. The van der Waals surface area contributed by atoms with Gasteiger partial charge in [-0.1, -0.05) is 210 Å². The molecule has 2 aliphatic rings. The normalized spacial score (nSPS) is 14.9. The molecule has 0 amide bonds. The van der Waals surface area contributed by atoms with Crippen molar-refractivity contribution in [3.8, 4) is 0 Å². The van der Waals surface area contributed by atoms with Gasteiger partial charge in [-0.15, -0.1) is 47.0 Å². The first-order valence-electron chi connectivity index (χ1n) is 33.2. The molecule has 2 fully saturated rings. The number of allylic oxidation sites excluding steroid dienone is 1. The molecule has 0 radical (unpaired) electrons. The monoisotopic (exact) mass is 1410 g/mol. The number of ketones is 6. The topological polar surface area (TPSA) is 194 Å². The average Bonchev–Trinajstić information content (AvgIpc) is 0.812. The predicted molar refractivity (Wildman–Crippen MR) is 406 cm³/mol. The van der Waals surface area contributed by atoms with Gasteiger partial charge in [-0.25, -0.2) is 0 Å². The molecule has 2 saturated heterocycles. The molecule has 2 heterocycles. The number of carboxylic acids is 2. The van der Waals surface area contributed by atoms with Gasteiger partial charge >= 0.3 is 11.9 Å². The number of hydrogen-bond acceptors (Lipinski definition) is 15. The zero-order valence-electron chi connectivity index (χ0n) is 57.4. The number of benzene rings is 5. The van der Waals surface area contributed by atoms with Crippen molar-refractivity contribution >= 4 is 123 Å². The lowest BCUT2D eigenvalue weighted by Gasteiger charge is -2.38. The molecule has 6 unspecified atom stereocenters. The average molecular weight is 1410 g/mol. The van der Waals surface area contributed by atoms with Crippen molar-refractivity contribution in [3.05, 3.63) is 192 Å². The van der Waals surface area contributed by atoms with Crippen molar-refractivity contribution in [1.29, 1.82) is 0 Å². The van der Waals surface area contributed by atoms with Crippen LogP contribution in [0.5, 0.6) is 0 Å². The third-order valence-electron chi connectivity index (χ3n) is 15.8. The molecular weight excluding hydrogens is 1310 g/mol. The molecule has 17 heteroatoms. The first kappa shape index (κ1) is 85.7. The van der Waals surface area contributed by atoms with Crippen LogP contribution in [-0.2, 0) is 42.4 Å². The number of hydrogen-bond donors (Lipinski definition) is 3. The van der Waals surface area contributed by atoms with E-state index in [0.717, 1.165) is 62.5 Å². The summed E-state index contributed by atoms with van der Waals surface area (Å²) in [6.45, 7) is 19.4. The first-order valence-corrected chi connectivity index (χ1v) is 38.6. The standard InChI is InChI=1S/C17H24OS2.C16H22O2S.C14H18O2.C13H16O4S.C10H12S2.C8H12O2/c1-3-8-15(14(2)18)13-17(19-11-7-12-20-17)16-9-5-4-6-10-16;1-4-8-15(12(2)17)11-16(19-13(3)18)14-9-6-5-7-10-14;1-3-7-13(11(2)15)10-14(16)12-8-5-4-6-9-12;14-12(15)7-6-10(13(16)17)8-11(18)9-4-2-1-3-5-9;1-2-5-9(6-3-1)10-11-7-4-8-12-10;1-6(8(3)10)4-5-7(2)9/h4-6,9-10,15H,3,7-8,11-13H2,1-2H3;5-7,9-10,15-16H,4,8,11H2,1-3H3;4-6,8-9,13H,3,7,10H2,1-2H3;1-5,10-11,18H,6-8H2,(H,14,15)(H,16,17);1-3,5-6,10H,4,7-8H2;1,4-5H2,2-3H3. The number of thioether (sulfide) groups is 5. The molecule has 0 aliphatic carbocycles. The van der Waals surface area contributed by atoms with Gasteiger partial charge in [0.15, 0.2) is 16.7 Å². The number of thiol groups is 1. The minimum absolute atomic E-state index is 0.0266. The SMILES string of the molecule is C=C(CCC(C)=O)C(C)=O.CCCC(CC(=O)c1ccccc1)C(C)=O.CCCC(CC(SC(C)=O)c1ccccc1)C(C)=O.CCCC(CC1(c2ccccc2)SCCCS1)C(C)=O.O=C(O)CCC(CC(S)c1ccccc1)C(=O)O.c1ccc(C2SCCCS2)cc1. The highest BCUT2D eigenvalue weighted by Gasteiger charge is 2.39. The van der Waals surface area contributed by atoms with Crippen molar-refractivity contribution in [1.82, 2.24) is 0 Å². The highest BCUT2D eigenvalue weighted by Crippen LogP contribution is 2.54. The molecule has 7 rings (SSSR count). The Balaban J connectivity index is 0.000000393. The summed E-state index contributed by atoms with van der Waals surface area (Å²) in [5, 5.41) is 17.6. The van der Waals surface area contributed by atoms with Crippen LogP contribution in [-0.4, -0.2) is 85.0 Å². The third kappa shape index (κ3) is 36.7. The second-order valence-electron chi connectivity index (χ2n) is 23.7. The van der Waals surface area contributed by atoms with E-state index in [1.54, 1.807) is 39.8 Å². The van der Waals surface area contributed by atoms with Crippen LogP contribution in [0.2, 0.25) is 0 Å². The van der Waals surface area contributed by atoms with Crippen LogP contribution in [0.4, 0.5) is 0 Å². The second-order valence-corrected chi connectivity index (χ2v) is 31.5. The van der Waals surface area contributed by atoms with Crippen LogP contribution in [0.3, 0.4) is 0 Å². The van der Waals surface area contributed by atoms with Crippen molar-refractivity contribution in [3.63, 3.8) is 0 Å². The molecule has 0 aromatic heterocycles. The van der Waals surface area contributed by atoms with Crippen LogP contribution < -0.4 is 0 Å². The second kappa shape index (κ2) is 50.0. The molecule has 0 saturated carbocycles. The van der Waals surface area contributed by atoms with Crippen molar-refractivity contribution < 1.29 is 53.4 Å². The van der Waals surface area contributed by atoms with Gasteiger partial charge in [-0.2, -0.15) is 12.6 Å². The number of Topliss-reactive ketones (excluding diaryl/α,β-unsaturated/α-hetero) is 6. The van der Waals surface area contributed by atoms with Crippen molar-refractivity contribution in [2.75, 3.05) is 23.0 Å². The van der Waals surface area contributed by atoms with Crippen LogP contribution in [0.1, 0.15) is 213 Å². The van der Waals surface area contributed by atoms with Crippen LogP contribution in [0, 0.1) is 23.7 Å². The highest BCUT2D eigenvalue weighted by atomic mass is 32.2. The fraction of sp³-hybridized carbons (Fsp3) is 0.474. The minimum atomic E-state index is -0.975. The summed E-state index contributed by atoms with van der Waals surface area (Å²) >= 11 is 14.0. The fourth-order valence-electron chi connectivity index (χ4n) is 10.3. The molecule has 0 spiro atoms. The quantitative estimate of drug-likeness (QED) is 0.0215. The van der Waals surface area contributed by atoms with E-state index >= 15 is 0 Å². The smallest absolute Gasteiger partial charge is 0.306 e. The summed E-state index contributed by atoms with van der Waals surface area (Å²) < 4.78 is 0.783. The van der Waals surface area contributed by atoms with Gasteiger partial charge in [0.1, 0.15) is 23.1 Å². The van der Waals surface area contributed by atoms with E-state index in [0.29, 0.717) is 47.2 Å². The molecule has 2 aliphatic heterocycles. The Morgan fingerprint density at radius 1 is 0.537 bits per heavy atom. The Labute approximate surface area is 594 Å². The summed E-state index contributed by atoms with van der Waals surface area (Å²) in [6, 6.07) is 50.1. The molecule has 0 bridgehead atoms. The van der Waals surface area contributed by atoms with E-state index in [9.17, 15) is 43.2 Å². The molecule has 5 aromatic rings. The van der Waals surface area contributed by atoms with Gasteiger partial charge < -0.3 is 15.0 Å². The lowest BCUT2D eigenvalue weighted by Crippen LogP contribution is -2.28. The van der Waals surface area contributed by atoms with Gasteiger partial charge in [0.2, 0.25) is 0 Å². The Hall–Kier alpha value is -5.43.